The van der Waals surface area contributed by atoms with Crippen LogP contribution in [0.3, 0.4) is 0 Å². The first kappa shape index (κ1) is 14.6. The lowest BCUT2D eigenvalue weighted by Crippen LogP contribution is -2.55. The Morgan fingerprint density at radius 3 is 1.75 bits per heavy atom. The van der Waals surface area contributed by atoms with E-state index in [1.165, 1.54) is 7.51 Å². The van der Waals surface area contributed by atoms with Gasteiger partial charge in [-0.1, -0.05) is 41.5 Å². The van der Waals surface area contributed by atoms with E-state index in [1.807, 2.05) is 17.5 Å². The average molecular weight is 367 g/mol. The third-order valence-corrected chi connectivity index (χ3v) is 13.2. The highest BCUT2D eigenvalue weighted by atomic mass is 127. The molecule has 0 fully saturated rings. The Morgan fingerprint density at radius 2 is 1.50 bits per heavy atom. The van der Waals surface area contributed by atoms with Gasteiger partial charge >= 0.3 is 0 Å². The molecular weight excluding hydrogens is 345 g/mol. The van der Waals surface area contributed by atoms with Gasteiger partial charge < -0.3 is 0 Å². The largest absolute Gasteiger partial charge is 0.254 e. The predicted octanol–water partition coefficient (Wildman–Crippen LogP) is 4.63. The fourth-order valence-corrected chi connectivity index (χ4v) is 13.9. The molecule has 0 aliphatic carbocycles. The number of rotatable bonds is 4. The zero-order valence-corrected chi connectivity index (χ0v) is 15.0. The topological polar surface area (TPSA) is 12.9 Å². The second-order valence-corrected chi connectivity index (χ2v) is 14.5. The monoisotopic (exact) mass is 367 g/mol. The molecule has 1 heterocycles. The number of thiazole rings is 1. The summed E-state index contributed by atoms with van der Waals surface area (Å²) in [6.07, 6.45) is 2.04. The highest BCUT2D eigenvalue weighted by Gasteiger charge is 2.46. The van der Waals surface area contributed by atoms with Crippen molar-refractivity contribution in [3.63, 3.8) is 0 Å². The fourth-order valence-electron chi connectivity index (χ4n) is 3.20. The van der Waals surface area contributed by atoms with Crippen LogP contribution >= 0.6 is 33.9 Å². The molecule has 0 atom stereocenters. The van der Waals surface area contributed by atoms with Crippen molar-refractivity contribution in [2.45, 2.75) is 58.2 Å². The molecule has 0 spiro atoms. The van der Waals surface area contributed by atoms with E-state index < -0.39 is 8.07 Å². The van der Waals surface area contributed by atoms with E-state index in [2.05, 4.69) is 64.1 Å². The Bertz CT molecular complexity index is 325. The molecule has 4 heteroatoms. The van der Waals surface area contributed by atoms with Crippen LogP contribution in [0.25, 0.3) is 0 Å². The zero-order valence-electron chi connectivity index (χ0n) is 11.0. The molecule has 0 aromatic carbocycles. The molecule has 0 radical (unpaired) electrons. The molecule has 0 saturated carbocycles. The quantitative estimate of drug-likeness (QED) is 0.558. The number of nitrogens with zero attached hydrogens (tertiary/aromatic N) is 1. The third kappa shape index (κ3) is 2.38. The highest BCUT2D eigenvalue weighted by molar-refractivity contribution is 14.1. The molecule has 1 rings (SSSR count). The first-order chi connectivity index (χ1) is 7.33. The van der Waals surface area contributed by atoms with Crippen molar-refractivity contribution in [1.29, 1.82) is 0 Å². The molecule has 0 N–H and O–H groups in total. The van der Waals surface area contributed by atoms with Crippen molar-refractivity contribution < 1.29 is 0 Å². The molecule has 1 nitrogen and oxygen atoms in total. The van der Waals surface area contributed by atoms with Gasteiger partial charge in [-0.2, -0.15) is 0 Å². The van der Waals surface area contributed by atoms with E-state index in [0.717, 1.165) is 16.6 Å². The van der Waals surface area contributed by atoms with Crippen molar-refractivity contribution >= 4 is 46.6 Å². The van der Waals surface area contributed by atoms with Crippen LogP contribution in [0.15, 0.2) is 6.20 Å². The molecule has 1 aromatic rings. The number of halogens is 1. The van der Waals surface area contributed by atoms with Gasteiger partial charge in [0.05, 0.1) is 13.7 Å². The summed E-state index contributed by atoms with van der Waals surface area (Å²) in [5, 5.41) is 0. The lowest BCUT2D eigenvalue weighted by molar-refractivity contribution is 0.833. The van der Waals surface area contributed by atoms with Gasteiger partial charge in [0, 0.05) is 0 Å². The summed E-state index contributed by atoms with van der Waals surface area (Å²) in [6, 6.07) is 0. The van der Waals surface area contributed by atoms with Gasteiger partial charge in [-0.25, -0.2) is 0 Å². The molecule has 1 aromatic heterocycles. The van der Waals surface area contributed by atoms with Crippen LogP contribution in [0.2, 0.25) is 16.6 Å². The van der Waals surface area contributed by atoms with Crippen LogP contribution in [-0.4, -0.2) is 13.1 Å². The van der Waals surface area contributed by atoms with Crippen LogP contribution in [0.1, 0.15) is 41.5 Å². The van der Waals surface area contributed by atoms with Gasteiger partial charge in [-0.15, -0.1) is 11.3 Å². The standard InChI is InChI=1S/C12H22INSSi/c1-8(2)16(9(3)4,10(5)6)12-14-7-11(13)15-12/h7-10H,1-6H3. The van der Waals surface area contributed by atoms with Gasteiger partial charge in [0.2, 0.25) is 0 Å². The number of aromatic nitrogens is 1. The van der Waals surface area contributed by atoms with Gasteiger partial charge in [-0.05, 0) is 39.2 Å². The van der Waals surface area contributed by atoms with Crippen molar-refractivity contribution in [3.8, 4) is 0 Å². The predicted molar refractivity (Wildman–Crippen MR) is 85.5 cm³/mol. The minimum absolute atomic E-state index is 0.759. The number of hydrogen-bond donors (Lipinski definition) is 0. The maximum Gasteiger partial charge on any atom is 0.131 e. The van der Waals surface area contributed by atoms with Gasteiger partial charge in [0.15, 0.2) is 0 Å². The maximum absolute atomic E-state index is 4.72. The summed E-state index contributed by atoms with van der Waals surface area (Å²) in [5.41, 5.74) is 2.28. The molecule has 0 amide bonds. The molecule has 0 aliphatic heterocycles. The highest BCUT2D eigenvalue weighted by Crippen LogP contribution is 2.41. The number of hydrogen-bond acceptors (Lipinski definition) is 2. The van der Waals surface area contributed by atoms with E-state index >= 15 is 0 Å². The van der Waals surface area contributed by atoms with Gasteiger partial charge in [-0.3, -0.25) is 4.98 Å². The van der Waals surface area contributed by atoms with Gasteiger partial charge in [0.25, 0.3) is 0 Å². The van der Waals surface area contributed by atoms with Gasteiger partial charge in [0.1, 0.15) is 8.07 Å². The molecular formula is C12H22INSSi. The Kier molecular flexibility index (Phi) is 5.01. The summed E-state index contributed by atoms with van der Waals surface area (Å²) >= 11 is 4.31. The SMILES string of the molecule is CC(C)[Si](c1ncc(I)s1)(C(C)C)C(C)C. The van der Waals surface area contributed by atoms with E-state index in [4.69, 9.17) is 4.98 Å². The lowest BCUT2D eigenvalue weighted by Gasteiger charge is -2.41. The van der Waals surface area contributed by atoms with Crippen LogP contribution in [0.4, 0.5) is 0 Å². The fraction of sp³-hybridized carbons (Fsp3) is 0.750. The minimum atomic E-state index is -1.48. The summed E-state index contributed by atoms with van der Waals surface area (Å²) in [6.45, 7) is 14.3. The van der Waals surface area contributed by atoms with Crippen molar-refractivity contribution in [2.75, 3.05) is 0 Å². The summed E-state index contributed by atoms with van der Waals surface area (Å²) < 4.78 is 2.78. The van der Waals surface area contributed by atoms with Crippen LogP contribution in [0.5, 0.6) is 0 Å². The molecule has 0 aliphatic rings. The second-order valence-electron chi connectivity index (χ2n) is 5.37. The lowest BCUT2D eigenvalue weighted by atomic mass is 10.5. The van der Waals surface area contributed by atoms with Crippen molar-refractivity contribution in [3.05, 3.63) is 9.08 Å². The van der Waals surface area contributed by atoms with E-state index in [9.17, 15) is 0 Å². The first-order valence-corrected chi connectivity index (χ1v) is 10.1. The first-order valence-electron chi connectivity index (χ1n) is 5.95. The molecule has 92 valence electrons. The zero-order chi connectivity index (χ0) is 12.5. The van der Waals surface area contributed by atoms with E-state index in [-0.39, 0.29) is 0 Å². The van der Waals surface area contributed by atoms with Crippen LogP contribution < -0.4 is 4.63 Å². The molecule has 16 heavy (non-hydrogen) atoms. The Balaban J connectivity index is 3.33. The molecule has 0 bridgehead atoms. The molecule has 0 unspecified atom stereocenters. The summed E-state index contributed by atoms with van der Waals surface area (Å²) in [5.74, 6) is 0. The average Bonchev–Trinajstić information content (AvgIpc) is 2.50. The maximum atomic E-state index is 4.72. The van der Waals surface area contributed by atoms with Crippen molar-refractivity contribution in [1.82, 2.24) is 4.98 Å². The van der Waals surface area contributed by atoms with Crippen LogP contribution in [0, 0.1) is 2.88 Å². The van der Waals surface area contributed by atoms with E-state index in [0.29, 0.717) is 0 Å². The minimum Gasteiger partial charge on any atom is -0.254 e. The van der Waals surface area contributed by atoms with E-state index in [1.54, 1.807) is 0 Å². The summed E-state index contributed by atoms with van der Waals surface area (Å²) in [4.78, 5) is 4.72. The van der Waals surface area contributed by atoms with Crippen molar-refractivity contribution in [2.24, 2.45) is 0 Å². The van der Waals surface area contributed by atoms with Crippen LogP contribution in [-0.2, 0) is 0 Å². The third-order valence-electron chi connectivity index (χ3n) is 3.71. The normalized spacial score (nSPS) is 13.1. The second kappa shape index (κ2) is 5.48. The Morgan fingerprint density at radius 1 is 1.06 bits per heavy atom. The Labute approximate surface area is 118 Å². The summed E-state index contributed by atoms with van der Waals surface area (Å²) in [7, 11) is -1.48. The Hall–Kier alpha value is 0.577. The smallest absolute Gasteiger partial charge is 0.131 e. The molecule has 0 saturated heterocycles.